The molecule has 1 saturated heterocycles. The maximum Gasteiger partial charge on any atom is 0.186 e. The molecule has 0 bridgehead atoms. The summed E-state index contributed by atoms with van der Waals surface area (Å²) < 4.78 is 16.0. The number of pyridine rings is 1. The fraction of sp³-hybridized carbons (Fsp3) is 0.611. The minimum Gasteiger partial charge on any atom is -0.512 e. The van der Waals surface area contributed by atoms with E-state index in [-0.39, 0.29) is 6.61 Å². The molecule has 5 N–H and O–H groups in total. The Morgan fingerprint density at radius 2 is 2.11 bits per heavy atom. The lowest BCUT2D eigenvalue weighted by Crippen LogP contribution is -2.59. The number of nitrogens with one attached hydrogen (secondary N) is 1. The Hall–Kier alpha value is -1.79. The summed E-state index contributed by atoms with van der Waals surface area (Å²) in [4.78, 5) is 9.43. The molecule has 2 heterocycles. The van der Waals surface area contributed by atoms with Crippen LogP contribution in [0.5, 0.6) is 0 Å². The second-order valence-corrected chi connectivity index (χ2v) is 6.37. The molecular formula is C18H28N2O8. The minimum atomic E-state index is -1.36. The van der Waals surface area contributed by atoms with Crippen LogP contribution >= 0.6 is 0 Å². The van der Waals surface area contributed by atoms with Gasteiger partial charge in [0, 0.05) is 18.9 Å². The van der Waals surface area contributed by atoms with Gasteiger partial charge in [-0.05, 0) is 24.5 Å². The zero-order chi connectivity index (χ0) is 20.4. The number of nitrogens with zero attached hydrogens (tertiary/aromatic N) is 1. The van der Waals surface area contributed by atoms with Crippen LogP contribution in [-0.2, 0) is 25.7 Å². The highest BCUT2D eigenvalue weighted by Gasteiger charge is 2.45. The highest BCUT2D eigenvalue weighted by molar-refractivity contribution is 5.15. The molecular weight excluding hydrogens is 372 g/mol. The van der Waals surface area contributed by atoms with Gasteiger partial charge >= 0.3 is 0 Å². The number of hydrogen-bond donors (Lipinski definition) is 5. The average molecular weight is 400 g/mol. The van der Waals surface area contributed by atoms with Gasteiger partial charge in [0.2, 0.25) is 0 Å². The summed E-state index contributed by atoms with van der Waals surface area (Å²) in [6, 6.07) is 1.98. The zero-order valence-electron chi connectivity index (χ0n) is 15.7. The largest absolute Gasteiger partial charge is 0.512 e. The Morgan fingerprint density at radius 3 is 2.82 bits per heavy atom. The van der Waals surface area contributed by atoms with Crippen molar-refractivity contribution in [2.45, 2.75) is 50.7 Å². The van der Waals surface area contributed by atoms with Crippen molar-refractivity contribution in [2.24, 2.45) is 0 Å². The fourth-order valence-electron chi connectivity index (χ4n) is 2.73. The van der Waals surface area contributed by atoms with E-state index in [1.807, 2.05) is 13.0 Å². The van der Waals surface area contributed by atoms with Crippen LogP contribution in [0.15, 0.2) is 31.0 Å². The molecule has 1 aromatic heterocycles. The predicted molar refractivity (Wildman–Crippen MR) is 96.7 cm³/mol. The van der Waals surface area contributed by atoms with Crippen molar-refractivity contribution < 1.29 is 39.5 Å². The van der Waals surface area contributed by atoms with Gasteiger partial charge in [-0.3, -0.25) is 9.82 Å². The molecule has 28 heavy (non-hydrogen) atoms. The summed E-state index contributed by atoms with van der Waals surface area (Å²) in [5, 5.41) is 38.3. The van der Waals surface area contributed by atoms with Gasteiger partial charge in [-0.1, -0.05) is 6.07 Å². The minimum absolute atomic E-state index is 0.233. The molecule has 2 unspecified atom stereocenters. The van der Waals surface area contributed by atoms with Crippen LogP contribution in [0.1, 0.15) is 17.5 Å². The molecule has 158 valence electrons. The van der Waals surface area contributed by atoms with Crippen LogP contribution < -0.4 is 5.48 Å². The van der Waals surface area contributed by atoms with Gasteiger partial charge in [0.15, 0.2) is 12.4 Å². The second-order valence-electron chi connectivity index (χ2n) is 6.37. The zero-order valence-corrected chi connectivity index (χ0v) is 15.7. The number of aromatic nitrogens is 1. The molecule has 5 atom stereocenters. The number of rotatable bonds is 11. The van der Waals surface area contributed by atoms with Crippen molar-refractivity contribution in [1.29, 1.82) is 0 Å². The van der Waals surface area contributed by atoms with E-state index in [0.29, 0.717) is 25.8 Å². The summed E-state index contributed by atoms with van der Waals surface area (Å²) in [5.41, 5.74) is 4.83. The maximum atomic E-state index is 10.1. The predicted octanol–water partition coefficient (Wildman–Crippen LogP) is -0.329. The molecule has 1 aromatic rings. The van der Waals surface area contributed by atoms with E-state index in [2.05, 4.69) is 10.5 Å². The molecule has 1 fully saturated rings. The maximum absolute atomic E-state index is 10.1. The molecule has 1 aliphatic rings. The number of hydrogen-bond acceptors (Lipinski definition) is 10. The van der Waals surface area contributed by atoms with E-state index in [1.165, 1.54) is 0 Å². The van der Waals surface area contributed by atoms with Gasteiger partial charge in [-0.25, -0.2) is 5.48 Å². The summed E-state index contributed by atoms with van der Waals surface area (Å²) in [6.07, 6.45) is -0.127. The molecule has 0 aromatic carbocycles. The second kappa shape index (κ2) is 11.9. The first-order valence-corrected chi connectivity index (χ1v) is 9.00. The molecule has 0 radical (unpaired) electrons. The van der Waals surface area contributed by atoms with E-state index in [4.69, 9.17) is 24.2 Å². The Bertz CT molecular complexity index is 601. The van der Waals surface area contributed by atoms with Crippen molar-refractivity contribution in [1.82, 2.24) is 10.5 Å². The van der Waals surface area contributed by atoms with Crippen LogP contribution in [-0.4, -0.2) is 75.9 Å². The fourth-order valence-corrected chi connectivity index (χ4v) is 2.73. The van der Waals surface area contributed by atoms with Crippen LogP contribution in [0.25, 0.3) is 0 Å². The summed E-state index contributed by atoms with van der Waals surface area (Å²) in [5.74, 6) is 0. The Morgan fingerprint density at radius 1 is 1.29 bits per heavy atom. The standard InChI is InChI=1S/C18H28N2O8/c1-12-7-13(9-19-8-12)11-27-20-3-2-5-26-18-16(24)15(23)17(25-6-4-21)14(10-22)28-18/h4,6-9,14-18,20-24H,2-3,5,10-11H2,1H3/b6-4-/t14?,15-,16?,17+,18-/m0/s1. The third-order valence-corrected chi connectivity index (χ3v) is 4.10. The van der Waals surface area contributed by atoms with Gasteiger partial charge in [0.05, 0.1) is 19.8 Å². The third-order valence-electron chi connectivity index (χ3n) is 4.10. The lowest BCUT2D eigenvalue weighted by atomic mass is 9.99. The Labute approximate surface area is 163 Å². The molecule has 10 nitrogen and oxygen atoms in total. The van der Waals surface area contributed by atoms with Gasteiger partial charge in [0.1, 0.15) is 30.8 Å². The van der Waals surface area contributed by atoms with E-state index in [1.54, 1.807) is 12.4 Å². The molecule has 0 amide bonds. The monoisotopic (exact) mass is 400 g/mol. The van der Waals surface area contributed by atoms with Crippen LogP contribution in [0.2, 0.25) is 0 Å². The van der Waals surface area contributed by atoms with Gasteiger partial charge < -0.3 is 34.6 Å². The quantitative estimate of drug-likeness (QED) is 0.190. The van der Waals surface area contributed by atoms with Crippen molar-refractivity contribution in [2.75, 3.05) is 19.8 Å². The Kier molecular flexibility index (Phi) is 9.58. The SMILES string of the molecule is Cc1cncc(CONCCCO[C@H]2OC(CO)[C@@H](O/C=C\O)[C@@H](O)C2O)c1. The Balaban J connectivity index is 1.65. The lowest BCUT2D eigenvalue weighted by Gasteiger charge is -2.41. The number of aliphatic hydroxyl groups excluding tert-OH is 4. The summed E-state index contributed by atoms with van der Waals surface area (Å²) in [7, 11) is 0. The van der Waals surface area contributed by atoms with Crippen molar-refractivity contribution in [3.8, 4) is 0 Å². The van der Waals surface area contributed by atoms with Gasteiger partial charge in [-0.2, -0.15) is 0 Å². The van der Waals surface area contributed by atoms with E-state index in [9.17, 15) is 15.3 Å². The van der Waals surface area contributed by atoms with E-state index < -0.39 is 37.3 Å². The normalized spacial score (nSPS) is 27.9. The van der Waals surface area contributed by atoms with Crippen molar-refractivity contribution in [3.05, 3.63) is 42.1 Å². The van der Waals surface area contributed by atoms with Crippen molar-refractivity contribution >= 4 is 0 Å². The summed E-state index contributed by atoms with van der Waals surface area (Å²) >= 11 is 0. The molecule has 0 saturated carbocycles. The third kappa shape index (κ3) is 6.67. The number of hydroxylamine groups is 1. The first-order chi connectivity index (χ1) is 13.6. The van der Waals surface area contributed by atoms with Gasteiger partial charge in [-0.15, -0.1) is 0 Å². The molecule has 1 aliphatic heterocycles. The van der Waals surface area contributed by atoms with Crippen molar-refractivity contribution in [3.63, 3.8) is 0 Å². The number of aryl methyl sites for hydroxylation is 1. The van der Waals surface area contributed by atoms with Crippen LogP contribution in [0, 0.1) is 6.92 Å². The average Bonchev–Trinajstić information content (AvgIpc) is 2.69. The molecule has 0 spiro atoms. The van der Waals surface area contributed by atoms with E-state index in [0.717, 1.165) is 17.4 Å². The highest BCUT2D eigenvalue weighted by Crippen LogP contribution is 2.24. The number of aliphatic hydroxyl groups is 4. The van der Waals surface area contributed by atoms with Gasteiger partial charge in [0.25, 0.3) is 0 Å². The molecule has 0 aliphatic carbocycles. The van der Waals surface area contributed by atoms with Crippen LogP contribution in [0.3, 0.4) is 0 Å². The summed E-state index contributed by atoms with van der Waals surface area (Å²) in [6.45, 7) is 2.63. The lowest BCUT2D eigenvalue weighted by molar-refractivity contribution is -0.301. The van der Waals surface area contributed by atoms with E-state index >= 15 is 0 Å². The smallest absolute Gasteiger partial charge is 0.186 e. The molecule has 2 rings (SSSR count). The van der Waals surface area contributed by atoms with Crippen LogP contribution in [0.4, 0.5) is 0 Å². The first-order valence-electron chi connectivity index (χ1n) is 9.00. The molecule has 10 heteroatoms. The highest BCUT2D eigenvalue weighted by atomic mass is 16.7. The number of ether oxygens (including phenoxy) is 3. The topological polar surface area (TPSA) is 143 Å². The first kappa shape index (κ1) is 22.5.